The summed E-state index contributed by atoms with van der Waals surface area (Å²) >= 11 is 0. The van der Waals surface area contributed by atoms with Crippen LogP contribution >= 0.6 is 0 Å². The van der Waals surface area contributed by atoms with Crippen molar-refractivity contribution in [2.45, 2.75) is 311 Å². The third kappa shape index (κ3) is 23.5. The Bertz CT molecular complexity index is 1510. The minimum atomic E-state index is -2.22. The molecule has 2 amide bonds. The van der Waals surface area contributed by atoms with Crippen molar-refractivity contribution in [1.29, 1.82) is 0 Å². The van der Waals surface area contributed by atoms with E-state index >= 15 is 0 Å². The molecule has 4 N–H and O–H groups in total. The standard InChI is InChI=1S/C28H57NO6Si.C28H55NO5Si/c1-18(2)16-17-23(14-13-15-24(26(31)32)29-27(33)34-28(10,11)12)25(22(9)30)35-36(19(3)4,20(5)6)21(7)8;1-18(2)16-17-23-14-13-15-24(29-27(31)33-28(10,11)12)26(30)32-22(9)25(23)34-35(19(3)4,20(5)6)21(7)8/h18-25,30H,13-17H2,1-12H3,(H,29,33)(H,31,32);18-25H,13-17H2,1-12H3,(H,29,31)/t2*22-,23+,24-,25-/m00/s1. The van der Waals surface area contributed by atoms with Gasteiger partial charge in [0.05, 0.1) is 18.3 Å². The Morgan fingerprint density at radius 2 is 1.13 bits per heavy atom. The van der Waals surface area contributed by atoms with Crippen LogP contribution in [0.25, 0.3) is 0 Å². The lowest BCUT2D eigenvalue weighted by Crippen LogP contribution is -2.54. The Hall–Kier alpha value is -2.21. The Kier molecular flexibility index (Phi) is 30.0. The molecule has 71 heavy (non-hydrogen) atoms. The average molecular weight is 1050 g/mol. The molecule has 15 heteroatoms. The summed E-state index contributed by atoms with van der Waals surface area (Å²) in [4.78, 5) is 49.5. The van der Waals surface area contributed by atoms with Gasteiger partial charge in [0, 0.05) is 0 Å². The molecule has 420 valence electrons. The molecule has 0 aromatic rings. The lowest BCUT2D eigenvalue weighted by Gasteiger charge is -2.47. The molecule has 0 saturated carbocycles. The number of amides is 2. The Morgan fingerprint density at radius 1 is 0.662 bits per heavy atom. The van der Waals surface area contributed by atoms with Crippen LogP contribution in [-0.2, 0) is 32.7 Å². The van der Waals surface area contributed by atoms with Gasteiger partial charge in [-0.15, -0.1) is 0 Å². The fraction of sp³-hybridized carbons (Fsp3) is 0.929. The number of aliphatic carboxylic acids is 1. The van der Waals surface area contributed by atoms with Gasteiger partial charge in [-0.3, -0.25) is 0 Å². The Labute approximate surface area is 437 Å². The molecule has 1 fully saturated rings. The molecule has 13 nitrogen and oxygen atoms in total. The predicted molar refractivity (Wildman–Crippen MR) is 296 cm³/mol. The molecular weight excluding hydrogens is 933 g/mol. The summed E-state index contributed by atoms with van der Waals surface area (Å²) in [6.45, 7) is 50.6. The maximum absolute atomic E-state index is 13.2. The molecule has 1 rings (SSSR count). The smallest absolute Gasteiger partial charge is 0.408 e. The molecule has 0 spiro atoms. The second kappa shape index (κ2) is 31.0. The van der Waals surface area contributed by atoms with Crippen LogP contribution in [0.4, 0.5) is 9.59 Å². The Morgan fingerprint density at radius 3 is 1.54 bits per heavy atom. The fourth-order valence-corrected chi connectivity index (χ4v) is 22.7. The molecule has 1 aliphatic rings. The van der Waals surface area contributed by atoms with Crippen LogP contribution in [-0.4, -0.2) is 98.7 Å². The summed E-state index contributed by atoms with van der Waals surface area (Å²) < 4.78 is 31.0. The van der Waals surface area contributed by atoms with Crippen molar-refractivity contribution >= 4 is 40.8 Å². The molecule has 0 bridgehead atoms. The summed E-state index contributed by atoms with van der Waals surface area (Å²) in [6, 6.07) is -1.73. The lowest BCUT2D eigenvalue weighted by molar-refractivity contribution is -0.157. The second-order valence-corrected chi connectivity index (χ2v) is 36.6. The van der Waals surface area contributed by atoms with E-state index in [-0.39, 0.29) is 24.2 Å². The topological polar surface area (TPSA) is 179 Å². The number of alkyl carbamates (subject to hydrolysis) is 2. The number of esters is 1. The third-order valence-electron chi connectivity index (χ3n) is 14.6. The zero-order chi connectivity index (χ0) is 55.6. The second-order valence-electron chi connectivity index (χ2n) is 25.7. The van der Waals surface area contributed by atoms with E-state index in [0.29, 0.717) is 70.3 Å². The van der Waals surface area contributed by atoms with Gasteiger partial charge in [-0.1, -0.05) is 136 Å². The van der Waals surface area contributed by atoms with E-state index in [4.69, 9.17) is 23.1 Å². The fourth-order valence-electron chi connectivity index (χ4n) is 11.4. The van der Waals surface area contributed by atoms with Gasteiger partial charge in [0.25, 0.3) is 0 Å². The van der Waals surface area contributed by atoms with E-state index in [1.165, 1.54) is 0 Å². The van der Waals surface area contributed by atoms with Crippen LogP contribution < -0.4 is 10.6 Å². The minimum Gasteiger partial charge on any atom is -0.480 e. The number of hydrogen-bond donors (Lipinski definition) is 4. The first-order valence-electron chi connectivity index (χ1n) is 27.8. The molecule has 0 unspecified atom stereocenters. The molecule has 1 saturated heterocycles. The lowest BCUT2D eigenvalue weighted by atomic mass is 9.86. The van der Waals surface area contributed by atoms with Crippen molar-refractivity contribution < 1.29 is 52.5 Å². The van der Waals surface area contributed by atoms with Gasteiger partial charge in [-0.05, 0) is 151 Å². The highest BCUT2D eigenvalue weighted by molar-refractivity contribution is 6.78. The zero-order valence-corrected chi connectivity index (χ0v) is 51.9. The number of carbonyl (C=O) groups is 4. The number of cyclic esters (lactones) is 1. The van der Waals surface area contributed by atoms with Crippen LogP contribution in [0.1, 0.15) is 230 Å². The number of aliphatic hydroxyl groups excluding tert-OH is 1. The van der Waals surface area contributed by atoms with Gasteiger partial charge in [-0.2, -0.15) is 0 Å². The van der Waals surface area contributed by atoms with Crippen molar-refractivity contribution in [1.82, 2.24) is 10.6 Å². The van der Waals surface area contributed by atoms with E-state index in [1.54, 1.807) is 20.8 Å². The van der Waals surface area contributed by atoms with Crippen molar-refractivity contribution in [3.63, 3.8) is 0 Å². The molecule has 0 radical (unpaired) electrons. The highest BCUT2D eigenvalue weighted by Crippen LogP contribution is 2.47. The molecule has 1 aliphatic heterocycles. The van der Waals surface area contributed by atoms with Crippen molar-refractivity contribution in [2.75, 3.05) is 0 Å². The minimum absolute atomic E-state index is 0.103. The van der Waals surface area contributed by atoms with Crippen molar-refractivity contribution in [2.24, 2.45) is 23.7 Å². The molecular formula is C56H112N2O11Si2. The number of nitrogens with one attached hydrogen (secondary N) is 2. The van der Waals surface area contributed by atoms with Gasteiger partial charge in [-0.25, -0.2) is 19.2 Å². The highest BCUT2D eigenvalue weighted by Gasteiger charge is 2.50. The van der Waals surface area contributed by atoms with Crippen LogP contribution in [0.5, 0.6) is 0 Å². The summed E-state index contributed by atoms with van der Waals surface area (Å²) in [6.07, 6.45) is 5.24. The first kappa shape index (κ1) is 68.8. The number of carboxylic acids is 1. The highest BCUT2D eigenvalue weighted by atomic mass is 28.4. The van der Waals surface area contributed by atoms with Crippen LogP contribution in [0.3, 0.4) is 0 Å². The molecule has 0 aromatic heterocycles. The van der Waals surface area contributed by atoms with Crippen LogP contribution in [0, 0.1) is 23.7 Å². The summed E-state index contributed by atoms with van der Waals surface area (Å²) in [7, 11) is -4.41. The maximum Gasteiger partial charge on any atom is 0.408 e. The van der Waals surface area contributed by atoms with E-state index in [1.807, 2.05) is 34.6 Å². The molecule has 0 aromatic carbocycles. The molecule has 0 aliphatic carbocycles. The zero-order valence-electron chi connectivity index (χ0n) is 49.9. The molecule has 8 atom stereocenters. The van der Waals surface area contributed by atoms with E-state index < -0.39 is 70.1 Å². The summed E-state index contributed by atoms with van der Waals surface area (Å²) in [5.41, 5.74) is 1.23. The van der Waals surface area contributed by atoms with Crippen molar-refractivity contribution in [3.05, 3.63) is 0 Å². The first-order valence-corrected chi connectivity index (χ1v) is 32.1. The SMILES string of the molecule is CC(C)CC[C@@H](CCC[C@H](NC(=O)OC(C)(C)C)C(=O)O)[C@@H](O[Si](C(C)C)(C(C)C)C(C)C)[C@H](C)O.CC(C)CC[C@H]1CCC[C@H](NC(=O)OC(C)(C)C)C(=O)O[C@@H](C)[C@@H]1O[Si](C(C)C)(C(C)C)C(C)C. The number of carboxylic acid groups (broad SMARTS) is 1. The summed E-state index contributed by atoms with van der Waals surface area (Å²) in [5, 5.41) is 25.8. The van der Waals surface area contributed by atoms with Crippen LogP contribution in [0.15, 0.2) is 0 Å². The van der Waals surface area contributed by atoms with Crippen molar-refractivity contribution in [3.8, 4) is 0 Å². The van der Waals surface area contributed by atoms with Gasteiger partial charge in [0.1, 0.15) is 29.4 Å². The van der Waals surface area contributed by atoms with Gasteiger partial charge >= 0.3 is 24.1 Å². The van der Waals surface area contributed by atoms with Gasteiger partial charge in [0.15, 0.2) is 0 Å². The number of rotatable bonds is 25. The van der Waals surface area contributed by atoms with E-state index in [2.05, 4.69) is 121 Å². The number of hydrogen-bond acceptors (Lipinski definition) is 10. The normalized spacial score (nSPS) is 20.5. The third-order valence-corrected chi connectivity index (χ3v) is 26.8. The number of ether oxygens (including phenoxy) is 3. The monoisotopic (exact) mass is 1040 g/mol. The van der Waals surface area contributed by atoms with E-state index in [9.17, 15) is 29.4 Å². The van der Waals surface area contributed by atoms with Gasteiger partial charge < -0.3 is 43.9 Å². The summed E-state index contributed by atoms with van der Waals surface area (Å²) in [5.74, 6) is 0.0614. The maximum atomic E-state index is 13.2. The molecule has 1 heterocycles. The Balaban J connectivity index is 0.00000138. The van der Waals surface area contributed by atoms with Gasteiger partial charge in [0.2, 0.25) is 16.6 Å². The first-order chi connectivity index (χ1) is 32.4. The average Bonchev–Trinajstić information content (AvgIpc) is 3.22. The predicted octanol–water partition coefficient (Wildman–Crippen LogP) is 14.7. The quantitative estimate of drug-likeness (QED) is 0.0388. The largest absolute Gasteiger partial charge is 0.480 e. The van der Waals surface area contributed by atoms with E-state index in [0.717, 1.165) is 44.9 Å². The number of carbonyl (C=O) groups excluding carboxylic acids is 3. The number of aliphatic hydroxyl groups is 1. The van der Waals surface area contributed by atoms with Crippen LogP contribution in [0.2, 0.25) is 33.2 Å².